The van der Waals surface area contributed by atoms with E-state index in [0.717, 1.165) is 17.7 Å². The van der Waals surface area contributed by atoms with E-state index >= 15 is 0 Å². The van der Waals surface area contributed by atoms with Crippen LogP contribution in [0, 0.1) is 0 Å². The van der Waals surface area contributed by atoms with Gasteiger partial charge in [0.25, 0.3) is 5.91 Å². The van der Waals surface area contributed by atoms with Crippen molar-refractivity contribution >= 4 is 29.7 Å². The Bertz CT molecular complexity index is 410. The molecule has 0 aliphatic heterocycles. The largest absolute Gasteiger partial charge is 0.337 e. The Morgan fingerprint density at radius 3 is 2.79 bits per heavy atom. The van der Waals surface area contributed by atoms with Crippen LogP contribution in [0.1, 0.15) is 46.3 Å². The van der Waals surface area contributed by atoms with E-state index < -0.39 is 0 Å². The highest BCUT2D eigenvalue weighted by Gasteiger charge is 2.21. The number of aryl methyl sites for hydroxylation is 2. The average Bonchev–Trinajstić information content (AvgIpc) is 2.67. The molecule has 2 rings (SSSR count). The third-order valence-corrected chi connectivity index (χ3v) is 5.01. The molecule has 0 saturated heterocycles. The van der Waals surface area contributed by atoms with Crippen molar-refractivity contribution in [2.75, 3.05) is 13.6 Å². The zero-order valence-corrected chi connectivity index (χ0v) is 13.3. The molecule has 108 valence electrons. The molecule has 0 fully saturated rings. The lowest BCUT2D eigenvalue weighted by atomic mass is 10.1. The molecule has 5 heteroatoms. The van der Waals surface area contributed by atoms with Gasteiger partial charge in [0.1, 0.15) is 0 Å². The number of nitrogens with zero attached hydrogens (tertiary/aromatic N) is 1. The molecule has 1 aliphatic carbocycles. The number of thiophene rings is 1. The monoisotopic (exact) mass is 302 g/mol. The van der Waals surface area contributed by atoms with Gasteiger partial charge in [0.05, 0.1) is 4.88 Å². The number of carbonyl (C=O) groups is 1. The summed E-state index contributed by atoms with van der Waals surface area (Å²) in [7, 11) is 1.84. The van der Waals surface area contributed by atoms with Crippen molar-refractivity contribution < 1.29 is 4.79 Å². The molecule has 0 aromatic carbocycles. The fourth-order valence-electron chi connectivity index (χ4n) is 2.30. The molecule has 1 heterocycles. The summed E-state index contributed by atoms with van der Waals surface area (Å²) < 4.78 is 0. The van der Waals surface area contributed by atoms with Crippen molar-refractivity contribution in [3.8, 4) is 0 Å². The predicted molar refractivity (Wildman–Crippen MR) is 83.4 cm³/mol. The lowest BCUT2D eigenvalue weighted by molar-refractivity contribution is 0.0753. The van der Waals surface area contributed by atoms with Gasteiger partial charge in [0.15, 0.2) is 0 Å². The van der Waals surface area contributed by atoms with Gasteiger partial charge in [-0.15, -0.1) is 23.7 Å². The van der Waals surface area contributed by atoms with Crippen LogP contribution in [0.4, 0.5) is 0 Å². The summed E-state index contributed by atoms with van der Waals surface area (Å²) >= 11 is 1.68. The summed E-state index contributed by atoms with van der Waals surface area (Å²) in [5.41, 5.74) is 7.01. The normalized spacial score (nSPS) is 15.9. The van der Waals surface area contributed by atoms with Crippen molar-refractivity contribution in [1.82, 2.24) is 4.90 Å². The topological polar surface area (TPSA) is 46.3 Å². The molecule has 0 saturated carbocycles. The van der Waals surface area contributed by atoms with Gasteiger partial charge in [-0.3, -0.25) is 4.79 Å². The first-order valence-corrected chi connectivity index (χ1v) is 7.54. The van der Waals surface area contributed by atoms with E-state index in [0.29, 0.717) is 6.54 Å². The van der Waals surface area contributed by atoms with E-state index in [1.54, 1.807) is 16.2 Å². The van der Waals surface area contributed by atoms with E-state index in [2.05, 4.69) is 6.07 Å². The number of amides is 1. The fraction of sp³-hybridized carbons (Fsp3) is 0.643. The van der Waals surface area contributed by atoms with Crippen LogP contribution in [-0.2, 0) is 12.8 Å². The summed E-state index contributed by atoms with van der Waals surface area (Å²) in [6.45, 7) is 2.49. The Labute approximate surface area is 125 Å². The summed E-state index contributed by atoms with van der Waals surface area (Å²) in [6, 6.07) is 2.20. The minimum absolute atomic E-state index is 0. The molecule has 19 heavy (non-hydrogen) atoms. The van der Waals surface area contributed by atoms with Crippen LogP contribution in [0.2, 0.25) is 0 Å². The maximum Gasteiger partial charge on any atom is 0.263 e. The molecule has 0 bridgehead atoms. The Morgan fingerprint density at radius 2 is 2.11 bits per heavy atom. The van der Waals surface area contributed by atoms with Crippen LogP contribution in [0.5, 0.6) is 0 Å². The standard InChI is InChI=1S/C14H22N2OS.ClH/c1-10(9-15)16(2)14(17)13-8-11-6-4-3-5-7-12(11)18-13;/h8,10H,3-7,9,15H2,1-2H3;1H. The number of hydrogen-bond acceptors (Lipinski definition) is 3. The van der Waals surface area contributed by atoms with Crippen molar-refractivity contribution in [3.05, 3.63) is 21.4 Å². The van der Waals surface area contributed by atoms with Gasteiger partial charge < -0.3 is 10.6 Å². The molecule has 1 unspecified atom stereocenters. The maximum atomic E-state index is 12.3. The van der Waals surface area contributed by atoms with Crippen molar-refractivity contribution in [2.45, 2.75) is 45.1 Å². The molecule has 1 atom stereocenters. The molecule has 0 radical (unpaired) electrons. The highest BCUT2D eigenvalue weighted by molar-refractivity contribution is 7.14. The fourth-order valence-corrected chi connectivity index (χ4v) is 3.54. The first-order chi connectivity index (χ1) is 8.63. The van der Waals surface area contributed by atoms with E-state index in [4.69, 9.17) is 5.73 Å². The summed E-state index contributed by atoms with van der Waals surface area (Å²) in [5, 5.41) is 0. The zero-order chi connectivity index (χ0) is 13.1. The average molecular weight is 303 g/mol. The van der Waals surface area contributed by atoms with Crippen molar-refractivity contribution in [1.29, 1.82) is 0 Å². The molecular formula is C14H23ClN2OS. The summed E-state index contributed by atoms with van der Waals surface area (Å²) in [6.07, 6.45) is 6.11. The molecule has 1 aromatic heterocycles. The maximum absolute atomic E-state index is 12.3. The summed E-state index contributed by atoms with van der Waals surface area (Å²) in [5.74, 6) is 0.117. The Kier molecular flexibility index (Phi) is 6.30. The van der Waals surface area contributed by atoms with E-state index in [1.807, 2.05) is 14.0 Å². The lowest BCUT2D eigenvalue weighted by Crippen LogP contribution is -2.39. The van der Waals surface area contributed by atoms with Gasteiger partial charge in [-0.25, -0.2) is 0 Å². The Balaban J connectivity index is 0.00000180. The van der Waals surface area contributed by atoms with Gasteiger partial charge in [0, 0.05) is 24.5 Å². The van der Waals surface area contributed by atoms with Crippen LogP contribution in [-0.4, -0.2) is 30.4 Å². The van der Waals surface area contributed by atoms with Crippen molar-refractivity contribution in [2.24, 2.45) is 5.73 Å². The molecular weight excluding hydrogens is 280 g/mol. The number of rotatable bonds is 3. The second kappa shape index (κ2) is 7.27. The molecule has 0 spiro atoms. The Hall–Kier alpha value is -0.580. The van der Waals surface area contributed by atoms with Crippen LogP contribution < -0.4 is 5.73 Å². The minimum Gasteiger partial charge on any atom is -0.337 e. The second-order valence-corrected chi connectivity index (χ2v) is 6.26. The third kappa shape index (κ3) is 3.71. The molecule has 2 N–H and O–H groups in total. The summed E-state index contributed by atoms with van der Waals surface area (Å²) in [4.78, 5) is 16.4. The van der Waals surface area contributed by atoms with Crippen LogP contribution in [0.15, 0.2) is 6.07 Å². The van der Waals surface area contributed by atoms with E-state index in [1.165, 1.54) is 29.7 Å². The van der Waals surface area contributed by atoms with Gasteiger partial charge >= 0.3 is 0 Å². The third-order valence-electron chi connectivity index (χ3n) is 3.78. The highest BCUT2D eigenvalue weighted by Crippen LogP contribution is 2.29. The molecule has 1 aliphatic rings. The number of fused-ring (bicyclic) bond motifs is 1. The quantitative estimate of drug-likeness (QED) is 0.873. The van der Waals surface area contributed by atoms with Crippen LogP contribution >= 0.6 is 23.7 Å². The first-order valence-electron chi connectivity index (χ1n) is 6.72. The minimum atomic E-state index is 0. The van der Waals surface area contributed by atoms with E-state index in [9.17, 15) is 4.79 Å². The number of halogens is 1. The lowest BCUT2D eigenvalue weighted by Gasteiger charge is -2.22. The predicted octanol–water partition coefficient (Wildman–Crippen LogP) is 2.86. The van der Waals surface area contributed by atoms with Gasteiger partial charge in [0.2, 0.25) is 0 Å². The van der Waals surface area contributed by atoms with Gasteiger partial charge in [-0.1, -0.05) is 6.42 Å². The van der Waals surface area contributed by atoms with E-state index in [-0.39, 0.29) is 24.4 Å². The Morgan fingerprint density at radius 1 is 1.42 bits per heavy atom. The van der Waals surface area contributed by atoms with Crippen LogP contribution in [0.25, 0.3) is 0 Å². The van der Waals surface area contributed by atoms with Crippen LogP contribution in [0.3, 0.4) is 0 Å². The zero-order valence-electron chi connectivity index (χ0n) is 11.6. The van der Waals surface area contributed by atoms with Gasteiger partial charge in [-0.2, -0.15) is 0 Å². The number of nitrogens with two attached hydrogens (primary N) is 1. The molecule has 3 nitrogen and oxygen atoms in total. The molecule has 1 amide bonds. The molecule has 1 aromatic rings. The number of hydrogen-bond donors (Lipinski definition) is 1. The van der Waals surface area contributed by atoms with Crippen molar-refractivity contribution in [3.63, 3.8) is 0 Å². The van der Waals surface area contributed by atoms with Gasteiger partial charge in [-0.05, 0) is 44.2 Å². The highest BCUT2D eigenvalue weighted by atomic mass is 35.5. The SMILES string of the molecule is CC(CN)N(C)C(=O)c1cc2c(s1)CCCCC2.Cl. The number of carbonyl (C=O) groups excluding carboxylic acids is 1. The smallest absolute Gasteiger partial charge is 0.263 e. The second-order valence-electron chi connectivity index (χ2n) is 5.12. The number of likely N-dealkylation sites (N-methyl/N-ethyl adjacent to an activating group) is 1. The first kappa shape index (κ1) is 16.5.